The zero-order chi connectivity index (χ0) is 15.1. The van der Waals surface area contributed by atoms with Crippen molar-refractivity contribution in [3.8, 4) is 0 Å². The second-order valence-electron chi connectivity index (χ2n) is 5.63. The molecule has 21 heavy (non-hydrogen) atoms. The first-order valence-electron chi connectivity index (χ1n) is 7.79. The van der Waals surface area contributed by atoms with E-state index in [0.29, 0.717) is 13.1 Å². The van der Waals surface area contributed by atoms with Gasteiger partial charge in [0, 0.05) is 31.6 Å². The van der Waals surface area contributed by atoms with E-state index < -0.39 is 0 Å². The molecule has 1 N–H and O–H groups in total. The van der Waals surface area contributed by atoms with E-state index in [1.807, 2.05) is 30.3 Å². The average molecular weight is 288 g/mol. The van der Waals surface area contributed by atoms with Crippen molar-refractivity contribution in [1.29, 1.82) is 0 Å². The number of benzene rings is 1. The van der Waals surface area contributed by atoms with Crippen LogP contribution in [0, 0.1) is 5.92 Å². The number of amides is 2. The first-order valence-corrected chi connectivity index (χ1v) is 7.79. The second kappa shape index (κ2) is 7.81. The molecule has 114 valence electrons. The molecule has 4 nitrogen and oxygen atoms in total. The number of nitrogens with zero attached hydrogens (tertiary/aromatic N) is 1. The van der Waals surface area contributed by atoms with E-state index in [2.05, 4.69) is 5.32 Å². The van der Waals surface area contributed by atoms with Gasteiger partial charge in [0.2, 0.25) is 11.8 Å². The smallest absolute Gasteiger partial charge is 0.223 e. The molecule has 0 saturated heterocycles. The summed E-state index contributed by atoms with van der Waals surface area (Å²) in [5.74, 6) is 0.306. The van der Waals surface area contributed by atoms with Crippen LogP contribution in [0.4, 0.5) is 5.69 Å². The van der Waals surface area contributed by atoms with Gasteiger partial charge in [0.1, 0.15) is 0 Å². The molecule has 0 aromatic heterocycles. The Labute approximate surface area is 126 Å². The molecule has 0 unspecified atom stereocenters. The van der Waals surface area contributed by atoms with E-state index >= 15 is 0 Å². The van der Waals surface area contributed by atoms with Crippen molar-refractivity contribution in [1.82, 2.24) is 5.32 Å². The molecule has 1 fully saturated rings. The fraction of sp³-hybridized carbons (Fsp3) is 0.529. The first kappa shape index (κ1) is 15.5. The Morgan fingerprint density at radius 2 is 1.81 bits per heavy atom. The maximum absolute atomic E-state index is 12.1. The van der Waals surface area contributed by atoms with E-state index in [4.69, 9.17) is 0 Å². The van der Waals surface area contributed by atoms with Crippen LogP contribution in [-0.2, 0) is 9.59 Å². The third-order valence-corrected chi connectivity index (χ3v) is 4.06. The van der Waals surface area contributed by atoms with Gasteiger partial charge in [-0.05, 0) is 25.0 Å². The second-order valence-corrected chi connectivity index (χ2v) is 5.63. The van der Waals surface area contributed by atoms with Crippen molar-refractivity contribution >= 4 is 17.5 Å². The number of hydrogen-bond donors (Lipinski definition) is 1. The summed E-state index contributed by atoms with van der Waals surface area (Å²) in [7, 11) is 0. The molecule has 1 saturated carbocycles. The number of carbonyl (C=O) groups excluding carboxylic acids is 2. The third kappa shape index (κ3) is 4.59. The molecule has 0 bridgehead atoms. The molecule has 0 aliphatic heterocycles. The first-order chi connectivity index (χ1) is 10.2. The minimum Gasteiger partial charge on any atom is -0.354 e. The highest BCUT2D eigenvalue weighted by atomic mass is 16.2. The summed E-state index contributed by atoms with van der Waals surface area (Å²) in [6.45, 7) is 2.57. The Morgan fingerprint density at radius 1 is 1.14 bits per heavy atom. The lowest BCUT2D eigenvalue weighted by molar-refractivity contribution is -0.126. The molecule has 1 aromatic rings. The number of nitrogens with one attached hydrogen (secondary N) is 1. The van der Waals surface area contributed by atoms with Gasteiger partial charge < -0.3 is 10.2 Å². The fourth-order valence-electron chi connectivity index (χ4n) is 2.88. The van der Waals surface area contributed by atoms with Crippen molar-refractivity contribution in [2.75, 3.05) is 18.0 Å². The zero-order valence-corrected chi connectivity index (χ0v) is 12.7. The van der Waals surface area contributed by atoms with Gasteiger partial charge >= 0.3 is 0 Å². The summed E-state index contributed by atoms with van der Waals surface area (Å²) in [5, 5.41) is 2.97. The minimum absolute atomic E-state index is 0.00637. The molecule has 1 aliphatic carbocycles. The van der Waals surface area contributed by atoms with Gasteiger partial charge in [0.05, 0.1) is 0 Å². The SMILES string of the molecule is CC(=O)N(CCNC(=O)C1CCCCC1)c1ccccc1. The Bertz CT molecular complexity index is 467. The fourth-order valence-corrected chi connectivity index (χ4v) is 2.88. The van der Waals surface area contributed by atoms with E-state index in [9.17, 15) is 9.59 Å². The van der Waals surface area contributed by atoms with Crippen LogP contribution in [-0.4, -0.2) is 24.9 Å². The van der Waals surface area contributed by atoms with Crippen LogP contribution >= 0.6 is 0 Å². The minimum atomic E-state index is -0.00637. The van der Waals surface area contributed by atoms with Gasteiger partial charge in [-0.2, -0.15) is 0 Å². The standard InChI is InChI=1S/C17H24N2O2/c1-14(20)19(16-10-6-3-7-11-16)13-12-18-17(21)15-8-4-2-5-9-15/h3,6-7,10-11,15H,2,4-5,8-9,12-13H2,1H3,(H,18,21). The third-order valence-electron chi connectivity index (χ3n) is 4.06. The lowest BCUT2D eigenvalue weighted by Crippen LogP contribution is -2.40. The van der Waals surface area contributed by atoms with Crippen molar-refractivity contribution in [3.63, 3.8) is 0 Å². The van der Waals surface area contributed by atoms with Crippen LogP contribution in [0.1, 0.15) is 39.0 Å². The predicted octanol–water partition coefficient (Wildman–Crippen LogP) is 2.74. The van der Waals surface area contributed by atoms with E-state index in [1.54, 1.807) is 11.8 Å². The molecule has 1 aromatic carbocycles. The van der Waals surface area contributed by atoms with Crippen LogP contribution in [0.3, 0.4) is 0 Å². The Balaban J connectivity index is 1.82. The van der Waals surface area contributed by atoms with Crippen LogP contribution < -0.4 is 10.2 Å². The maximum atomic E-state index is 12.1. The van der Waals surface area contributed by atoms with Gasteiger partial charge in [-0.25, -0.2) is 0 Å². The molecule has 0 radical (unpaired) electrons. The molecule has 2 amide bonds. The van der Waals surface area contributed by atoms with Gasteiger partial charge in [-0.3, -0.25) is 9.59 Å². The molecule has 2 rings (SSSR count). The van der Waals surface area contributed by atoms with Crippen LogP contribution in [0.25, 0.3) is 0 Å². The summed E-state index contributed by atoms with van der Waals surface area (Å²) in [5.41, 5.74) is 0.872. The Morgan fingerprint density at radius 3 is 2.43 bits per heavy atom. The molecule has 0 spiro atoms. The largest absolute Gasteiger partial charge is 0.354 e. The van der Waals surface area contributed by atoms with Crippen molar-refractivity contribution < 1.29 is 9.59 Å². The average Bonchev–Trinajstić information content (AvgIpc) is 2.52. The summed E-state index contributed by atoms with van der Waals surface area (Å²) < 4.78 is 0. The van der Waals surface area contributed by atoms with Gasteiger partial charge in [0.15, 0.2) is 0 Å². The lowest BCUT2D eigenvalue weighted by atomic mass is 9.89. The summed E-state index contributed by atoms with van der Waals surface area (Å²) >= 11 is 0. The molecule has 0 atom stereocenters. The Hall–Kier alpha value is -1.84. The molecule has 4 heteroatoms. The highest BCUT2D eigenvalue weighted by Crippen LogP contribution is 2.23. The molecular formula is C17H24N2O2. The number of anilines is 1. The van der Waals surface area contributed by atoms with Crippen LogP contribution in [0.2, 0.25) is 0 Å². The normalized spacial score (nSPS) is 15.5. The monoisotopic (exact) mass is 288 g/mol. The van der Waals surface area contributed by atoms with E-state index in [0.717, 1.165) is 31.4 Å². The molecule has 0 heterocycles. The van der Waals surface area contributed by atoms with Gasteiger partial charge in [-0.15, -0.1) is 0 Å². The van der Waals surface area contributed by atoms with Crippen molar-refractivity contribution in [3.05, 3.63) is 30.3 Å². The van der Waals surface area contributed by atoms with Gasteiger partial charge in [-0.1, -0.05) is 37.5 Å². The van der Waals surface area contributed by atoms with Gasteiger partial charge in [0.25, 0.3) is 0 Å². The summed E-state index contributed by atoms with van der Waals surface area (Å²) in [6, 6.07) is 9.55. The summed E-state index contributed by atoms with van der Waals surface area (Å²) in [6.07, 6.45) is 5.56. The Kier molecular flexibility index (Phi) is 5.78. The molecular weight excluding hydrogens is 264 g/mol. The van der Waals surface area contributed by atoms with E-state index in [1.165, 1.54) is 6.42 Å². The number of hydrogen-bond acceptors (Lipinski definition) is 2. The molecule has 1 aliphatic rings. The highest BCUT2D eigenvalue weighted by Gasteiger charge is 2.21. The van der Waals surface area contributed by atoms with Crippen molar-refractivity contribution in [2.45, 2.75) is 39.0 Å². The van der Waals surface area contributed by atoms with Crippen molar-refractivity contribution in [2.24, 2.45) is 5.92 Å². The lowest BCUT2D eigenvalue weighted by Gasteiger charge is -2.23. The highest BCUT2D eigenvalue weighted by molar-refractivity contribution is 5.91. The number of carbonyl (C=O) groups is 2. The van der Waals surface area contributed by atoms with E-state index in [-0.39, 0.29) is 17.7 Å². The van der Waals surface area contributed by atoms with Crippen LogP contribution in [0.15, 0.2) is 30.3 Å². The number of rotatable bonds is 5. The predicted molar refractivity (Wildman–Crippen MR) is 84.1 cm³/mol. The van der Waals surface area contributed by atoms with Crippen LogP contribution in [0.5, 0.6) is 0 Å². The number of para-hydroxylation sites is 1. The zero-order valence-electron chi connectivity index (χ0n) is 12.7. The topological polar surface area (TPSA) is 49.4 Å². The maximum Gasteiger partial charge on any atom is 0.223 e. The summed E-state index contributed by atoms with van der Waals surface area (Å²) in [4.78, 5) is 25.5. The quantitative estimate of drug-likeness (QED) is 0.905.